The minimum Gasteiger partial charge on any atom is -0.352 e. The Balaban J connectivity index is 2.36. The van der Waals surface area contributed by atoms with Gasteiger partial charge in [-0.15, -0.1) is 0 Å². The molecule has 5 heteroatoms. The summed E-state index contributed by atoms with van der Waals surface area (Å²) in [7, 11) is 0. The van der Waals surface area contributed by atoms with Crippen LogP contribution in [0.15, 0.2) is 0 Å². The topological polar surface area (TPSA) is 70.2 Å². The third-order valence-electron chi connectivity index (χ3n) is 2.85. The Morgan fingerprint density at radius 3 is 2.47 bits per heavy atom. The van der Waals surface area contributed by atoms with E-state index in [2.05, 4.69) is 16.0 Å². The Hall–Kier alpha value is -1.10. The molecule has 3 N–H and O–H groups in total. The molecule has 0 aromatic carbocycles. The first-order valence-corrected chi connectivity index (χ1v) is 6.32. The summed E-state index contributed by atoms with van der Waals surface area (Å²) in [4.78, 5) is 23.5. The second-order valence-electron chi connectivity index (χ2n) is 4.94. The zero-order valence-electron chi connectivity index (χ0n) is 10.9. The number of rotatable bonds is 4. The summed E-state index contributed by atoms with van der Waals surface area (Å²) in [5.41, 5.74) is 0. The molecule has 2 amide bonds. The minimum atomic E-state index is -0.466. The minimum absolute atomic E-state index is 0.00181. The van der Waals surface area contributed by atoms with E-state index in [9.17, 15) is 9.59 Å². The molecule has 98 valence electrons. The molecule has 17 heavy (non-hydrogen) atoms. The molecule has 1 rings (SSSR count). The maximum atomic E-state index is 11.9. The molecule has 0 aliphatic carbocycles. The summed E-state index contributed by atoms with van der Waals surface area (Å²) in [6, 6.07) is -0.370. The fraction of sp³-hybridized carbons (Fsp3) is 0.833. The standard InChI is InChI=1S/C12H23N3O2/c1-8(2)14-11(16)9(3)15-12(17)10-5-4-6-13-7-10/h8-10,13H,4-7H2,1-3H3,(H,14,16)(H,15,17). The second-order valence-corrected chi connectivity index (χ2v) is 4.94. The van der Waals surface area contributed by atoms with E-state index in [1.807, 2.05) is 13.8 Å². The summed E-state index contributed by atoms with van der Waals surface area (Å²) in [5.74, 6) is -0.154. The third-order valence-corrected chi connectivity index (χ3v) is 2.85. The third kappa shape index (κ3) is 4.73. The number of nitrogens with one attached hydrogen (secondary N) is 3. The monoisotopic (exact) mass is 241 g/mol. The highest BCUT2D eigenvalue weighted by atomic mass is 16.2. The first kappa shape index (κ1) is 14.0. The Morgan fingerprint density at radius 1 is 1.24 bits per heavy atom. The lowest BCUT2D eigenvalue weighted by atomic mass is 9.98. The van der Waals surface area contributed by atoms with Crippen molar-refractivity contribution < 1.29 is 9.59 Å². The first-order valence-electron chi connectivity index (χ1n) is 6.32. The van der Waals surface area contributed by atoms with Crippen LogP contribution in [0, 0.1) is 5.92 Å². The van der Waals surface area contributed by atoms with Gasteiger partial charge >= 0.3 is 0 Å². The van der Waals surface area contributed by atoms with E-state index in [1.54, 1.807) is 6.92 Å². The molecule has 1 heterocycles. The smallest absolute Gasteiger partial charge is 0.242 e. The lowest BCUT2D eigenvalue weighted by molar-refractivity contribution is -0.131. The number of carbonyl (C=O) groups excluding carboxylic acids is 2. The summed E-state index contributed by atoms with van der Waals surface area (Å²) in [6.45, 7) is 7.21. The number of amides is 2. The van der Waals surface area contributed by atoms with Crippen molar-refractivity contribution in [2.24, 2.45) is 5.92 Å². The lowest BCUT2D eigenvalue weighted by Gasteiger charge is -2.24. The van der Waals surface area contributed by atoms with Crippen molar-refractivity contribution in [2.45, 2.75) is 45.7 Å². The number of carbonyl (C=O) groups is 2. The van der Waals surface area contributed by atoms with Gasteiger partial charge in [0.15, 0.2) is 0 Å². The van der Waals surface area contributed by atoms with E-state index in [-0.39, 0.29) is 23.8 Å². The Kier molecular flexibility index (Phi) is 5.41. The van der Waals surface area contributed by atoms with Crippen molar-refractivity contribution in [1.29, 1.82) is 0 Å². The Labute approximate surface area is 103 Å². The number of piperidine rings is 1. The van der Waals surface area contributed by atoms with Crippen LogP contribution in [0.3, 0.4) is 0 Å². The molecular weight excluding hydrogens is 218 g/mol. The molecule has 2 unspecified atom stereocenters. The molecule has 2 atom stereocenters. The molecule has 0 spiro atoms. The van der Waals surface area contributed by atoms with Gasteiger partial charge in [-0.05, 0) is 40.2 Å². The van der Waals surface area contributed by atoms with E-state index in [1.165, 1.54) is 0 Å². The average molecular weight is 241 g/mol. The Morgan fingerprint density at radius 2 is 1.94 bits per heavy atom. The number of hydrogen-bond acceptors (Lipinski definition) is 3. The zero-order chi connectivity index (χ0) is 12.8. The van der Waals surface area contributed by atoms with Crippen LogP contribution < -0.4 is 16.0 Å². The van der Waals surface area contributed by atoms with E-state index in [0.717, 1.165) is 19.4 Å². The van der Waals surface area contributed by atoms with Crippen LogP contribution in [0.25, 0.3) is 0 Å². The van der Waals surface area contributed by atoms with Gasteiger partial charge in [0.05, 0.1) is 5.92 Å². The predicted octanol–water partition coefficient (Wildman–Crippen LogP) is 0.0153. The highest BCUT2D eigenvalue weighted by Gasteiger charge is 2.24. The molecule has 1 aliphatic heterocycles. The predicted molar refractivity (Wildman–Crippen MR) is 66.5 cm³/mol. The largest absolute Gasteiger partial charge is 0.352 e. The Bertz CT molecular complexity index is 273. The normalized spacial score (nSPS) is 22.0. The van der Waals surface area contributed by atoms with Gasteiger partial charge in [0.1, 0.15) is 6.04 Å². The van der Waals surface area contributed by atoms with Gasteiger partial charge in [-0.1, -0.05) is 0 Å². The van der Waals surface area contributed by atoms with Gasteiger partial charge < -0.3 is 16.0 Å². The molecule has 0 radical (unpaired) electrons. The molecule has 1 fully saturated rings. The van der Waals surface area contributed by atoms with Crippen molar-refractivity contribution in [3.05, 3.63) is 0 Å². The summed E-state index contributed by atoms with van der Waals surface area (Å²) < 4.78 is 0. The van der Waals surface area contributed by atoms with E-state index in [4.69, 9.17) is 0 Å². The molecule has 0 bridgehead atoms. The van der Waals surface area contributed by atoms with Gasteiger partial charge in [0.2, 0.25) is 11.8 Å². The first-order chi connectivity index (χ1) is 8.00. The van der Waals surface area contributed by atoms with Gasteiger partial charge in [-0.25, -0.2) is 0 Å². The van der Waals surface area contributed by atoms with Crippen LogP contribution in [0.1, 0.15) is 33.6 Å². The molecule has 0 saturated carbocycles. The van der Waals surface area contributed by atoms with E-state index < -0.39 is 6.04 Å². The van der Waals surface area contributed by atoms with Gasteiger partial charge in [0.25, 0.3) is 0 Å². The van der Waals surface area contributed by atoms with Crippen LogP contribution in [0.4, 0.5) is 0 Å². The highest BCUT2D eigenvalue weighted by Crippen LogP contribution is 2.09. The molecular formula is C12H23N3O2. The van der Waals surface area contributed by atoms with Crippen LogP contribution in [0.5, 0.6) is 0 Å². The van der Waals surface area contributed by atoms with Gasteiger partial charge in [-0.2, -0.15) is 0 Å². The summed E-state index contributed by atoms with van der Waals surface area (Å²) in [5, 5.41) is 8.73. The van der Waals surface area contributed by atoms with Crippen molar-refractivity contribution >= 4 is 11.8 Å². The number of hydrogen-bond donors (Lipinski definition) is 3. The van der Waals surface area contributed by atoms with Crippen molar-refractivity contribution in [3.63, 3.8) is 0 Å². The second kappa shape index (κ2) is 6.59. The maximum absolute atomic E-state index is 11.9. The van der Waals surface area contributed by atoms with Crippen molar-refractivity contribution in [1.82, 2.24) is 16.0 Å². The molecule has 1 aliphatic rings. The fourth-order valence-corrected chi connectivity index (χ4v) is 1.88. The quantitative estimate of drug-likeness (QED) is 0.649. The maximum Gasteiger partial charge on any atom is 0.242 e. The SMILES string of the molecule is CC(C)NC(=O)C(C)NC(=O)C1CCCNC1. The van der Waals surface area contributed by atoms with Crippen LogP contribution in [-0.2, 0) is 9.59 Å². The highest BCUT2D eigenvalue weighted by molar-refractivity contribution is 5.88. The van der Waals surface area contributed by atoms with Crippen LogP contribution in [0.2, 0.25) is 0 Å². The average Bonchev–Trinajstić information content (AvgIpc) is 2.29. The zero-order valence-corrected chi connectivity index (χ0v) is 10.9. The molecule has 1 saturated heterocycles. The van der Waals surface area contributed by atoms with Crippen molar-refractivity contribution in [3.8, 4) is 0 Å². The lowest BCUT2D eigenvalue weighted by Crippen LogP contribution is -2.50. The van der Waals surface area contributed by atoms with Gasteiger partial charge in [0, 0.05) is 12.6 Å². The fourth-order valence-electron chi connectivity index (χ4n) is 1.88. The van der Waals surface area contributed by atoms with Crippen LogP contribution in [-0.4, -0.2) is 37.0 Å². The van der Waals surface area contributed by atoms with Gasteiger partial charge in [-0.3, -0.25) is 9.59 Å². The molecule has 0 aromatic heterocycles. The molecule has 5 nitrogen and oxygen atoms in total. The van der Waals surface area contributed by atoms with Crippen molar-refractivity contribution in [2.75, 3.05) is 13.1 Å². The van der Waals surface area contributed by atoms with E-state index >= 15 is 0 Å². The molecule has 0 aromatic rings. The van der Waals surface area contributed by atoms with Crippen LogP contribution >= 0.6 is 0 Å². The summed E-state index contributed by atoms with van der Waals surface area (Å²) >= 11 is 0. The van der Waals surface area contributed by atoms with E-state index in [0.29, 0.717) is 6.54 Å². The summed E-state index contributed by atoms with van der Waals surface area (Å²) in [6.07, 6.45) is 1.92.